The van der Waals surface area contributed by atoms with Gasteiger partial charge in [-0.05, 0) is 53.6 Å². The molecular weight excluding hydrogens is 457 g/mol. The van der Waals surface area contributed by atoms with Crippen molar-refractivity contribution in [1.29, 1.82) is 0 Å². The molecule has 0 spiro atoms. The molecule has 0 aliphatic heterocycles. The number of rotatable bonds is 5. The molecule has 156 valence electrons. The van der Waals surface area contributed by atoms with Crippen LogP contribution in [0.2, 0.25) is 15.1 Å². The summed E-state index contributed by atoms with van der Waals surface area (Å²) in [7, 11) is 0. The second kappa shape index (κ2) is 11.3. The van der Waals surface area contributed by atoms with Gasteiger partial charge in [-0.15, -0.1) is 5.10 Å². The van der Waals surface area contributed by atoms with Crippen LogP contribution in [0, 0.1) is 0 Å². The van der Waals surface area contributed by atoms with Gasteiger partial charge in [0.15, 0.2) is 0 Å². The smallest absolute Gasteiger partial charge is 0.258 e. The van der Waals surface area contributed by atoms with Gasteiger partial charge in [0.1, 0.15) is 0 Å². The van der Waals surface area contributed by atoms with Gasteiger partial charge in [0, 0.05) is 20.6 Å². The van der Waals surface area contributed by atoms with Gasteiger partial charge in [-0.1, -0.05) is 65.1 Å². The first kappa shape index (κ1) is 22.5. The van der Waals surface area contributed by atoms with Crippen LogP contribution in [0.15, 0.2) is 88.1 Å². The van der Waals surface area contributed by atoms with E-state index in [1.54, 1.807) is 79.0 Å². The molecule has 0 saturated heterocycles. The number of hydrazone groups is 1. The minimum atomic E-state index is -0.419. The Morgan fingerprint density at radius 2 is 1.39 bits per heavy atom. The van der Waals surface area contributed by atoms with E-state index in [9.17, 15) is 4.79 Å². The monoisotopic (exact) mass is 471 g/mol. The lowest BCUT2D eigenvalue weighted by atomic mass is 10.2. The summed E-state index contributed by atoms with van der Waals surface area (Å²) < 4.78 is 0. The average molecular weight is 473 g/mol. The summed E-state index contributed by atoms with van der Waals surface area (Å²) in [5.41, 5.74) is 4.64. The van der Waals surface area contributed by atoms with Crippen molar-refractivity contribution in [2.45, 2.75) is 0 Å². The van der Waals surface area contributed by atoms with Gasteiger partial charge in [0.05, 0.1) is 12.4 Å². The molecule has 3 rings (SSSR count). The van der Waals surface area contributed by atoms with Crippen LogP contribution < -0.4 is 10.7 Å². The number of carbonyl (C=O) groups excluding carboxylic acids is 1. The van der Waals surface area contributed by atoms with Gasteiger partial charge in [-0.3, -0.25) is 10.1 Å². The summed E-state index contributed by atoms with van der Waals surface area (Å²) in [5, 5.41) is 16.4. The minimum Gasteiger partial charge on any atom is -0.290 e. The lowest BCUT2D eigenvalue weighted by molar-refractivity contribution is 0.0975. The van der Waals surface area contributed by atoms with Gasteiger partial charge >= 0.3 is 0 Å². The zero-order valence-corrected chi connectivity index (χ0v) is 18.2. The molecule has 0 radical (unpaired) electrons. The van der Waals surface area contributed by atoms with E-state index in [-0.39, 0.29) is 5.96 Å². The molecule has 2 N–H and O–H groups in total. The van der Waals surface area contributed by atoms with E-state index < -0.39 is 5.91 Å². The maximum atomic E-state index is 12.5. The zero-order chi connectivity index (χ0) is 22.1. The maximum Gasteiger partial charge on any atom is 0.258 e. The Labute approximate surface area is 194 Å². The van der Waals surface area contributed by atoms with Crippen LogP contribution in [0.5, 0.6) is 0 Å². The predicted molar refractivity (Wildman–Crippen MR) is 128 cm³/mol. The molecule has 0 bridgehead atoms. The highest BCUT2D eigenvalue weighted by Gasteiger charge is 2.09. The van der Waals surface area contributed by atoms with Gasteiger partial charge in [-0.2, -0.15) is 10.2 Å². The number of carbonyl (C=O) groups is 1. The SMILES string of the molecule is O=C(NC(=N/N=C/c1ccc(Cl)cc1)N/N=C/c1ccc(Cl)cc1)c1cccc(Cl)c1. The highest BCUT2D eigenvalue weighted by Crippen LogP contribution is 2.11. The predicted octanol–water partition coefficient (Wildman–Crippen LogP) is 5.39. The lowest BCUT2D eigenvalue weighted by Crippen LogP contribution is -2.38. The highest BCUT2D eigenvalue weighted by molar-refractivity contribution is 6.31. The van der Waals surface area contributed by atoms with Gasteiger partial charge in [0.2, 0.25) is 5.96 Å². The number of amides is 1. The minimum absolute atomic E-state index is 0.0282. The lowest BCUT2D eigenvalue weighted by Gasteiger charge is -2.07. The summed E-state index contributed by atoms with van der Waals surface area (Å²) in [4.78, 5) is 12.5. The normalized spacial score (nSPS) is 11.8. The van der Waals surface area contributed by atoms with Crippen LogP contribution in [0.4, 0.5) is 0 Å². The second-order valence-electron chi connectivity index (χ2n) is 6.13. The van der Waals surface area contributed by atoms with Crippen molar-refractivity contribution >= 4 is 59.1 Å². The molecule has 0 heterocycles. The van der Waals surface area contributed by atoms with Gasteiger partial charge < -0.3 is 0 Å². The third kappa shape index (κ3) is 7.53. The Morgan fingerprint density at radius 3 is 2.00 bits per heavy atom. The fourth-order valence-electron chi connectivity index (χ4n) is 2.30. The van der Waals surface area contributed by atoms with Crippen LogP contribution >= 0.6 is 34.8 Å². The Hall–Kier alpha value is -3.19. The van der Waals surface area contributed by atoms with Crippen molar-refractivity contribution < 1.29 is 4.79 Å². The second-order valence-corrected chi connectivity index (χ2v) is 7.44. The highest BCUT2D eigenvalue weighted by atomic mass is 35.5. The fraction of sp³-hybridized carbons (Fsp3) is 0. The first-order valence-corrected chi connectivity index (χ1v) is 10.1. The van der Waals surface area contributed by atoms with E-state index in [0.717, 1.165) is 11.1 Å². The Kier molecular flexibility index (Phi) is 8.18. The van der Waals surface area contributed by atoms with Crippen molar-refractivity contribution in [3.8, 4) is 0 Å². The number of benzene rings is 3. The summed E-state index contributed by atoms with van der Waals surface area (Å²) in [6.45, 7) is 0. The molecular formula is C22H16Cl3N5O. The molecule has 0 aliphatic carbocycles. The summed E-state index contributed by atoms with van der Waals surface area (Å²) in [6.07, 6.45) is 3.08. The van der Waals surface area contributed by atoms with Crippen molar-refractivity contribution in [1.82, 2.24) is 10.7 Å². The van der Waals surface area contributed by atoms with Crippen LogP contribution in [-0.4, -0.2) is 24.3 Å². The van der Waals surface area contributed by atoms with E-state index in [1.807, 2.05) is 0 Å². The molecule has 3 aromatic carbocycles. The standard InChI is InChI=1S/C22H16Cl3N5O/c23-18-8-4-15(5-9-18)13-26-29-22(28-21(31)17-2-1-3-20(25)12-17)30-27-14-16-6-10-19(24)11-7-16/h1-14H,(H2,28,29,30,31)/b26-13+,27-14+. The van der Waals surface area contributed by atoms with Crippen molar-refractivity contribution in [3.63, 3.8) is 0 Å². The third-order valence-corrected chi connectivity index (χ3v) is 4.55. The molecule has 6 nitrogen and oxygen atoms in total. The topological polar surface area (TPSA) is 78.2 Å². The van der Waals surface area contributed by atoms with Gasteiger partial charge in [-0.25, -0.2) is 5.43 Å². The Balaban J connectivity index is 1.75. The number of halogens is 3. The van der Waals surface area contributed by atoms with E-state index in [4.69, 9.17) is 34.8 Å². The Bertz CT molecular complexity index is 1130. The van der Waals surface area contributed by atoms with Crippen LogP contribution in [-0.2, 0) is 0 Å². The van der Waals surface area contributed by atoms with Crippen LogP contribution in [0.25, 0.3) is 0 Å². The molecule has 0 fully saturated rings. The molecule has 0 aromatic heterocycles. The Morgan fingerprint density at radius 1 is 0.774 bits per heavy atom. The van der Waals surface area contributed by atoms with E-state index in [2.05, 4.69) is 26.0 Å². The van der Waals surface area contributed by atoms with E-state index in [0.29, 0.717) is 20.6 Å². The largest absolute Gasteiger partial charge is 0.290 e. The van der Waals surface area contributed by atoms with Crippen molar-refractivity contribution in [2.75, 3.05) is 0 Å². The number of hydrogen-bond donors (Lipinski definition) is 2. The zero-order valence-electron chi connectivity index (χ0n) is 16.0. The summed E-state index contributed by atoms with van der Waals surface area (Å²) in [5.74, 6) is -0.391. The van der Waals surface area contributed by atoms with Crippen molar-refractivity contribution in [3.05, 3.63) is 105 Å². The van der Waals surface area contributed by atoms with Crippen molar-refractivity contribution in [2.24, 2.45) is 15.3 Å². The number of guanidine groups is 1. The maximum absolute atomic E-state index is 12.5. The molecule has 0 aliphatic rings. The molecule has 0 saturated carbocycles. The summed E-state index contributed by atoms with van der Waals surface area (Å²) in [6, 6.07) is 20.7. The first-order chi connectivity index (χ1) is 15.0. The fourth-order valence-corrected chi connectivity index (χ4v) is 2.75. The van der Waals surface area contributed by atoms with Crippen LogP contribution in [0.1, 0.15) is 21.5 Å². The molecule has 0 atom stereocenters. The van der Waals surface area contributed by atoms with E-state index >= 15 is 0 Å². The molecule has 31 heavy (non-hydrogen) atoms. The average Bonchev–Trinajstić information content (AvgIpc) is 2.76. The molecule has 0 unspecified atom stereocenters. The first-order valence-electron chi connectivity index (χ1n) is 8.98. The molecule has 3 aromatic rings. The number of hydrogen-bond acceptors (Lipinski definition) is 4. The quantitative estimate of drug-likeness (QED) is 0.297. The molecule has 9 heteroatoms. The molecule has 1 amide bonds. The number of nitrogens with zero attached hydrogens (tertiary/aromatic N) is 3. The van der Waals surface area contributed by atoms with Gasteiger partial charge in [0.25, 0.3) is 5.91 Å². The number of nitrogens with one attached hydrogen (secondary N) is 2. The third-order valence-electron chi connectivity index (χ3n) is 3.81. The van der Waals surface area contributed by atoms with Crippen LogP contribution in [0.3, 0.4) is 0 Å². The van der Waals surface area contributed by atoms with E-state index in [1.165, 1.54) is 6.21 Å². The summed E-state index contributed by atoms with van der Waals surface area (Å²) >= 11 is 17.7.